The Kier molecular flexibility index (Phi) is 4.61. The lowest BCUT2D eigenvalue weighted by molar-refractivity contribution is -0.538. The first-order valence-corrected chi connectivity index (χ1v) is 8.03. The number of aromatic nitrogens is 1. The third-order valence-electron chi connectivity index (χ3n) is 4.26. The molecule has 8 heteroatoms. The summed E-state index contributed by atoms with van der Waals surface area (Å²) in [6.45, 7) is 4.36. The maximum atomic E-state index is 12.3. The number of aliphatic hydroxyl groups excluding tert-OH is 1. The maximum Gasteiger partial charge on any atom is 0.237 e. The van der Waals surface area contributed by atoms with Crippen molar-refractivity contribution < 1.29 is 24.4 Å². The number of aliphatic hydroxyl groups is 1. The molecule has 1 aromatic rings. The molecule has 23 heavy (non-hydrogen) atoms. The van der Waals surface area contributed by atoms with Crippen LogP contribution in [-0.2, 0) is 21.1 Å². The minimum Gasteiger partial charge on any atom is -0.491 e. The zero-order chi connectivity index (χ0) is 16.6. The number of hydrogen-bond acceptors (Lipinski definition) is 6. The summed E-state index contributed by atoms with van der Waals surface area (Å²) in [6, 6.07) is 0. The normalized spacial score (nSPS) is 28.5. The molecule has 1 fully saturated rings. The fourth-order valence-corrected chi connectivity index (χ4v) is 3.60. The highest BCUT2D eigenvalue weighted by molar-refractivity contribution is 9.10. The van der Waals surface area contributed by atoms with E-state index in [0.717, 1.165) is 0 Å². The van der Waals surface area contributed by atoms with Gasteiger partial charge in [-0.1, -0.05) is 6.08 Å². The number of rotatable bonds is 6. The standard InChI is InChI=1S/C15H18BrNO6/c1-3-6-21-10-8-17-7-9(16)12(19)13(20-2)11(17)14-15(10,4-5-18)23-22-14/h3,7,10,14,18H,1,4-6,8H2,2H3. The summed E-state index contributed by atoms with van der Waals surface area (Å²) in [5, 5.41) is 9.43. The Bertz CT molecular complexity index is 675. The highest BCUT2D eigenvalue weighted by Crippen LogP contribution is 2.52. The molecule has 1 N–H and O–H groups in total. The fourth-order valence-electron chi connectivity index (χ4n) is 3.18. The van der Waals surface area contributed by atoms with Crippen LogP contribution in [0.3, 0.4) is 0 Å². The fraction of sp³-hybridized carbons (Fsp3) is 0.533. The molecule has 0 saturated carbocycles. The number of hydrogen-bond donors (Lipinski definition) is 1. The van der Waals surface area contributed by atoms with E-state index >= 15 is 0 Å². The molecule has 3 rings (SSSR count). The third kappa shape index (κ3) is 2.45. The summed E-state index contributed by atoms with van der Waals surface area (Å²) in [4.78, 5) is 23.0. The van der Waals surface area contributed by atoms with Crippen LogP contribution >= 0.6 is 15.9 Å². The topological polar surface area (TPSA) is 79.2 Å². The molecule has 2 aliphatic heterocycles. The van der Waals surface area contributed by atoms with Gasteiger partial charge in [0.15, 0.2) is 17.5 Å². The summed E-state index contributed by atoms with van der Waals surface area (Å²) >= 11 is 3.25. The summed E-state index contributed by atoms with van der Waals surface area (Å²) in [7, 11) is 1.44. The van der Waals surface area contributed by atoms with Gasteiger partial charge in [-0.2, -0.15) is 0 Å². The zero-order valence-corrected chi connectivity index (χ0v) is 14.2. The van der Waals surface area contributed by atoms with E-state index in [4.69, 9.17) is 19.2 Å². The molecule has 3 atom stereocenters. The molecule has 0 bridgehead atoms. The molecule has 0 aromatic carbocycles. The maximum absolute atomic E-state index is 12.3. The molecule has 2 aliphatic rings. The molecule has 126 valence electrons. The van der Waals surface area contributed by atoms with Crippen molar-refractivity contribution in [2.24, 2.45) is 0 Å². The summed E-state index contributed by atoms with van der Waals surface area (Å²) in [5.41, 5.74) is -0.498. The Hall–Kier alpha value is -1.19. The molecular formula is C15H18BrNO6. The minimum atomic E-state index is -0.842. The van der Waals surface area contributed by atoms with Crippen molar-refractivity contribution in [2.45, 2.75) is 30.8 Å². The van der Waals surface area contributed by atoms with Gasteiger partial charge in [-0.15, -0.1) is 6.58 Å². The highest BCUT2D eigenvalue weighted by Gasteiger charge is 2.62. The van der Waals surface area contributed by atoms with E-state index in [2.05, 4.69) is 22.5 Å². The summed E-state index contributed by atoms with van der Waals surface area (Å²) < 4.78 is 13.4. The Balaban J connectivity index is 2.11. The van der Waals surface area contributed by atoms with Gasteiger partial charge in [0.2, 0.25) is 5.43 Å². The average Bonchev–Trinajstić information content (AvgIpc) is 2.51. The van der Waals surface area contributed by atoms with Gasteiger partial charge in [-0.05, 0) is 15.9 Å². The largest absolute Gasteiger partial charge is 0.491 e. The van der Waals surface area contributed by atoms with Crippen LogP contribution < -0.4 is 10.2 Å². The van der Waals surface area contributed by atoms with Gasteiger partial charge in [0, 0.05) is 19.2 Å². The average molecular weight is 388 g/mol. The van der Waals surface area contributed by atoms with Crippen LogP contribution in [0, 0.1) is 0 Å². The van der Waals surface area contributed by atoms with Crippen molar-refractivity contribution in [1.82, 2.24) is 4.57 Å². The van der Waals surface area contributed by atoms with E-state index in [9.17, 15) is 9.90 Å². The van der Waals surface area contributed by atoms with E-state index < -0.39 is 11.7 Å². The van der Waals surface area contributed by atoms with Gasteiger partial charge in [-0.3, -0.25) is 4.79 Å². The molecule has 1 saturated heterocycles. The van der Waals surface area contributed by atoms with Crippen LogP contribution in [0.4, 0.5) is 0 Å². The van der Waals surface area contributed by atoms with Crippen LogP contribution in [0.2, 0.25) is 0 Å². The zero-order valence-electron chi connectivity index (χ0n) is 12.7. The predicted octanol–water partition coefficient (Wildman–Crippen LogP) is 1.33. The van der Waals surface area contributed by atoms with Crippen LogP contribution in [0.1, 0.15) is 18.2 Å². The van der Waals surface area contributed by atoms with Gasteiger partial charge >= 0.3 is 0 Å². The van der Waals surface area contributed by atoms with E-state index in [1.165, 1.54) is 7.11 Å². The highest BCUT2D eigenvalue weighted by atomic mass is 79.9. The van der Waals surface area contributed by atoms with Crippen LogP contribution in [-0.4, -0.2) is 41.7 Å². The van der Waals surface area contributed by atoms with Gasteiger partial charge in [0.25, 0.3) is 0 Å². The number of ether oxygens (including phenoxy) is 2. The Morgan fingerprint density at radius 1 is 1.65 bits per heavy atom. The molecule has 0 amide bonds. The second-order valence-electron chi connectivity index (χ2n) is 5.48. The van der Waals surface area contributed by atoms with E-state index in [-0.39, 0.29) is 23.9 Å². The Morgan fingerprint density at radius 3 is 3.00 bits per heavy atom. The Morgan fingerprint density at radius 2 is 2.43 bits per heavy atom. The predicted molar refractivity (Wildman–Crippen MR) is 84.2 cm³/mol. The molecule has 0 aliphatic carbocycles. The molecule has 3 heterocycles. The number of nitrogens with zero attached hydrogens (tertiary/aromatic N) is 1. The van der Waals surface area contributed by atoms with Crippen molar-refractivity contribution in [3.8, 4) is 5.75 Å². The van der Waals surface area contributed by atoms with Crippen molar-refractivity contribution in [1.29, 1.82) is 0 Å². The van der Waals surface area contributed by atoms with Crippen molar-refractivity contribution in [3.63, 3.8) is 0 Å². The summed E-state index contributed by atoms with van der Waals surface area (Å²) in [6.07, 6.45) is 2.77. The first kappa shape index (κ1) is 16.7. The molecule has 0 radical (unpaired) electrons. The van der Waals surface area contributed by atoms with E-state index in [0.29, 0.717) is 29.7 Å². The molecule has 1 aromatic heterocycles. The van der Waals surface area contributed by atoms with Crippen molar-refractivity contribution in [3.05, 3.63) is 39.2 Å². The smallest absolute Gasteiger partial charge is 0.237 e. The number of pyridine rings is 1. The first-order chi connectivity index (χ1) is 11.1. The Labute approximate surface area is 141 Å². The number of fused-ring (bicyclic) bond motifs is 3. The van der Waals surface area contributed by atoms with Crippen molar-refractivity contribution >= 4 is 15.9 Å². The van der Waals surface area contributed by atoms with Crippen LogP contribution in [0.5, 0.6) is 5.75 Å². The second kappa shape index (κ2) is 6.37. The minimum absolute atomic E-state index is 0.0864. The first-order valence-electron chi connectivity index (χ1n) is 7.23. The van der Waals surface area contributed by atoms with Crippen LogP contribution in [0.15, 0.2) is 28.1 Å². The quantitative estimate of drug-likeness (QED) is 0.585. The molecule has 3 unspecified atom stereocenters. The second-order valence-corrected chi connectivity index (χ2v) is 6.33. The van der Waals surface area contributed by atoms with Crippen molar-refractivity contribution in [2.75, 3.05) is 20.3 Å². The lowest BCUT2D eigenvalue weighted by atomic mass is 9.80. The number of halogens is 1. The van der Waals surface area contributed by atoms with Gasteiger partial charge in [-0.25, -0.2) is 9.78 Å². The SMILES string of the molecule is C=CCOC1Cn2cc(Br)c(=O)c(OC)c2C2OOC12CCO. The van der Waals surface area contributed by atoms with Crippen LogP contribution in [0.25, 0.3) is 0 Å². The molecule has 0 spiro atoms. The molecular weight excluding hydrogens is 370 g/mol. The molecule has 7 nitrogen and oxygen atoms in total. The monoisotopic (exact) mass is 387 g/mol. The van der Waals surface area contributed by atoms with Gasteiger partial charge in [0.05, 0.1) is 24.7 Å². The lowest BCUT2D eigenvalue weighted by Crippen LogP contribution is -2.64. The number of methoxy groups -OCH3 is 1. The van der Waals surface area contributed by atoms with Gasteiger partial charge in [0.1, 0.15) is 11.8 Å². The summed E-state index contributed by atoms with van der Waals surface area (Å²) in [5.74, 6) is 0.206. The van der Waals surface area contributed by atoms with E-state index in [1.807, 2.05) is 4.57 Å². The van der Waals surface area contributed by atoms with Gasteiger partial charge < -0.3 is 19.1 Å². The van der Waals surface area contributed by atoms with E-state index in [1.54, 1.807) is 12.3 Å². The lowest BCUT2D eigenvalue weighted by Gasteiger charge is -2.54. The third-order valence-corrected chi connectivity index (χ3v) is 4.82.